The van der Waals surface area contributed by atoms with Crippen LogP contribution in [-0.2, 0) is 0 Å². The van der Waals surface area contributed by atoms with E-state index in [9.17, 15) is 0 Å². The topological polar surface area (TPSA) is 6.48 Å². The van der Waals surface area contributed by atoms with Gasteiger partial charge >= 0.3 is 0 Å². The Morgan fingerprint density at radius 1 is 0.679 bits per heavy atom. The van der Waals surface area contributed by atoms with Gasteiger partial charge < -0.3 is 9.80 Å². The van der Waals surface area contributed by atoms with E-state index in [1.807, 2.05) is 11.3 Å². The largest absolute Gasteiger partial charge is 0.330 e. The molecule has 7 aromatic rings. The number of allylic oxidation sites excluding steroid dienone is 6. The molecular weight excluding hydrogens is 661 g/mol. The molecule has 0 radical (unpaired) electrons. The van der Waals surface area contributed by atoms with Crippen LogP contribution in [-0.4, -0.2) is 6.04 Å². The lowest BCUT2D eigenvalue weighted by molar-refractivity contribution is 0.441. The van der Waals surface area contributed by atoms with E-state index in [4.69, 9.17) is 0 Å². The fourth-order valence-electron chi connectivity index (χ4n) is 8.52. The van der Waals surface area contributed by atoms with Crippen LogP contribution in [0, 0.1) is 19.3 Å². The zero-order chi connectivity index (χ0) is 36.4. The van der Waals surface area contributed by atoms with Gasteiger partial charge in [0, 0.05) is 53.4 Å². The Kier molecular flexibility index (Phi) is 8.01. The zero-order valence-electron chi connectivity index (χ0n) is 31.2. The molecule has 3 heteroatoms. The van der Waals surface area contributed by atoms with Gasteiger partial charge in [-0.25, -0.2) is 0 Å². The Labute approximate surface area is 317 Å². The average Bonchev–Trinajstić information content (AvgIpc) is 3.52. The van der Waals surface area contributed by atoms with Gasteiger partial charge in [0.15, 0.2) is 0 Å². The predicted octanol–water partition coefficient (Wildman–Crippen LogP) is 14.6. The summed E-state index contributed by atoms with van der Waals surface area (Å²) < 4.78 is 2.58. The maximum Gasteiger partial charge on any atom is 0.0773 e. The molecule has 2 aliphatic rings. The van der Waals surface area contributed by atoms with Crippen LogP contribution in [0.1, 0.15) is 38.3 Å². The minimum atomic E-state index is -0.0373. The number of hydrogen-bond donors (Lipinski definition) is 0. The summed E-state index contributed by atoms with van der Waals surface area (Å²) in [5.41, 5.74) is 10.9. The van der Waals surface area contributed by atoms with Gasteiger partial charge in [0.25, 0.3) is 0 Å². The second-order valence-electron chi connectivity index (χ2n) is 15.4. The van der Waals surface area contributed by atoms with Crippen molar-refractivity contribution in [2.75, 3.05) is 9.80 Å². The Morgan fingerprint density at radius 3 is 1.89 bits per heavy atom. The van der Waals surface area contributed by atoms with E-state index in [0.717, 1.165) is 12.0 Å². The van der Waals surface area contributed by atoms with Crippen LogP contribution in [0.25, 0.3) is 41.7 Å². The SMILES string of the molecule is C=C1C=C(C)C=CC1N(c1cccc(C)c1)c1cc2sc3cc(N(C4=CC=CCC4(C)C)c4cccc(C)c4)c4ccccc4c3c2c2ccccc12. The second kappa shape index (κ2) is 12.8. The van der Waals surface area contributed by atoms with Crippen LogP contribution in [0.2, 0.25) is 0 Å². The lowest BCUT2D eigenvalue weighted by Gasteiger charge is -2.39. The van der Waals surface area contributed by atoms with Crippen molar-refractivity contribution in [3.05, 3.63) is 180 Å². The molecule has 9 rings (SSSR count). The van der Waals surface area contributed by atoms with Crippen molar-refractivity contribution >= 4 is 75.8 Å². The van der Waals surface area contributed by atoms with E-state index in [1.165, 1.54) is 86.9 Å². The van der Waals surface area contributed by atoms with Gasteiger partial charge in [0.05, 0.1) is 17.4 Å². The molecule has 53 heavy (non-hydrogen) atoms. The van der Waals surface area contributed by atoms with Crippen LogP contribution < -0.4 is 9.80 Å². The summed E-state index contributed by atoms with van der Waals surface area (Å²) in [7, 11) is 0. The van der Waals surface area contributed by atoms with E-state index in [2.05, 4.69) is 197 Å². The molecule has 1 unspecified atom stereocenters. The van der Waals surface area contributed by atoms with Gasteiger partial charge in [0.2, 0.25) is 0 Å². The summed E-state index contributed by atoms with van der Waals surface area (Å²) in [4.78, 5) is 5.03. The maximum absolute atomic E-state index is 4.58. The van der Waals surface area contributed by atoms with Gasteiger partial charge in [0.1, 0.15) is 0 Å². The standard InChI is InChI=1S/C50H44N2S/c1-32-15-13-17-36(28-32)51(42-25-24-34(3)27-35(42)4)43-30-45-48(40-21-9-7-19-38(40)43)49-41-22-10-8-20-39(41)44(31-46(49)53-45)52(37-18-14-16-33(2)29-37)47-23-11-12-26-50(47,5)6/h7-25,27-31,42H,4,26H2,1-3,5-6H3. The zero-order valence-corrected chi connectivity index (χ0v) is 32.0. The van der Waals surface area contributed by atoms with Gasteiger partial charge in [-0.1, -0.05) is 129 Å². The van der Waals surface area contributed by atoms with E-state index in [-0.39, 0.29) is 11.5 Å². The molecule has 0 saturated heterocycles. The number of benzene rings is 6. The van der Waals surface area contributed by atoms with Gasteiger partial charge in [-0.15, -0.1) is 11.3 Å². The van der Waals surface area contributed by atoms with Crippen molar-refractivity contribution in [1.29, 1.82) is 0 Å². The van der Waals surface area contributed by atoms with Crippen molar-refractivity contribution in [1.82, 2.24) is 0 Å². The minimum absolute atomic E-state index is 0.00720. The molecule has 260 valence electrons. The molecule has 0 aliphatic heterocycles. The number of nitrogens with zero attached hydrogens (tertiary/aromatic N) is 2. The van der Waals surface area contributed by atoms with Crippen LogP contribution in [0.3, 0.4) is 0 Å². The van der Waals surface area contributed by atoms with E-state index in [0.29, 0.717) is 0 Å². The summed E-state index contributed by atoms with van der Waals surface area (Å²) in [6.07, 6.45) is 14.6. The highest BCUT2D eigenvalue weighted by atomic mass is 32.1. The third-order valence-electron chi connectivity index (χ3n) is 11.0. The number of aryl methyl sites for hydroxylation is 2. The van der Waals surface area contributed by atoms with Crippen molar-refractivity contribution < 1.29 is 0 Å². The van der Waals surface area contributed by atoms with Gasteiger partial charge in [-0.2, -0.15) is 0 Å². The smallest absolute Gasteiger partial charge is 0.0773 e. The molecule has 0 fully saturated rings. The molecule has 0 spiro atoms. The highest BCUT2D eigenvalue weighted by Gasteiger charge is 2.32. The first kappa shape index (κ1) is 33.2. The Bertz CT molecular complexity index is 2750. The van der Waals surface area contributed by atoms with Crippen molar-refractivity contribution in [3.63, 3.8) is 0 Å². The molecule has 0 bridgehead atoms. The van der Waals surface area contributed by atoms with Crippen LogP contribution in [0.4, 0.5) is 22.7 Å². The number of hydrogen-bond acceptors (Lipinski definition) is 3. The molecule has 2 nitrogen and oxygen atoms in total. The second-order valence-corrected chi connectivity index (χ2v) is 16.5. The van der Waals surface area contributed by atoms with E-state index in [1.54, 1.807) is 0 Å². The Balaban J connectivity index is 1.35. The summed E-state index contributed by atoms with van der Waals surface area (Å²) in [5.74, 6) is 0. The number of thiophene rings is 1. The highest BCUT2D eigenvalue weighted by molar-refractivity contribution is 7.26. The normalized spacial score (nSPS) is 16.8. The number of anilines is 4. The summed E-state index contributed by atoms with van der Waals surface area (Å²) in [6, 6.07) is 40.8. The first-order chi connectivity index (χ1) is 25.7. The first-order valence-electron chi connectivity index (χ1n) is 18.6. The molecule has 1 aromatic heterocycles. The molecular formula is C50H44N2S. The fourth-order valence-corrected chi connectivity index (χ4v) is 9.72. The molecule has 6 aromatic carbocycles. The summed E-state index contributed by atoms with van der Waals surface area (Å²) in [6.45, 7) is 15.8. The van der Waals surface area contributed by atoms with Crippen LogP contribution >= 0.6 is 11.3 Å². The van der Waals surface area contributed by atoms with Crippen molar-refractivity contribution in [3.8, 4) is 0 Å². The molecule has 0 amide bonds. The van der Waals surface area contributed by atoms with Crippen molar-refractivity contribution in [2.45, 2.75) is 47.1 Å². The summed E-state index contributed by atoms with van der Waals surface area (Å²) in [5, 5.41) is 7.71. The fraction of sp³-hybridized carbons (Fsp3) is 0.160. The van der Waals surface area contributed by atoms with Crippen LogP contribution in [0.15, 0.2) is 169 Å². The Morgan fingerprint density at radius 2 is 1.26 bits per heavy atom. The number of rotatable bonds is 6. The third-order valence-corrected chi connectivity index (χ3v) is 12.1. The van der Waals surface area contributed by atoms with Crippen LogP contribution in [0.5, 0.6) is 0 Å². The number of fused-ring (bicyclic) bond motifs is 7. The monoisotopic (exact) mass is 704 g/mol. The molecule has 1 atom stereocenters. The lowest BCUT2D eigenvalue weighted by Crippen LogP contribution is -2.31. The predicted molar refractivity (Wildman–Crippen MR) is 232 cm³/mol. The quantitative estimate of drug-likeness (QED) is 0.170. The van der Waals surface area contributed by atoms with Crippen molar-refractivity contribution in [2.24, 2.45) is 5.41 Å². The minimum Gasteiger partial charge on any atom is -0.330 e. The molecule has 1 heterocycles. The first-order valence-corrected chi connectivity index (χ1v) is 19.4. The summed E-state index contributed by atoms with van der Waals surface area (Å²) >= 11 is 1.91. The third kappa shape index (κ3) is 5.62. The molecule has 2 aliphatic carbocycles. The maximum atomic E-state index is 4.58. The average molecular weight is 705 g/mol. The van der Waals surface area contributed by atoms with E-state index < -0.39 is 0 Å². The molecule has 0 N–H and O–H groups in total. The lowest BCUT2D eigenvalue weighted by atomic mass is 9.81. The van der Waals surface area contributed by atoms with E-state index >= 15 is 0 Å². The van der Waals surface area contributed by atoms with Gasteiger partial charge in [-0.3, -0.25) is 0 Å². The van der Waals surface area contributed by atoms with Gasteiger partial charge in [-0.05, 0) is 97.1 Å². The molecule has 0 saturated carbocycles. The highest BCUT2D eigenvalue weighted by Crippen LogP contribution is 2.51. The Hall–Kier alpha value is -5.64.